The van der Waals surface area contributed by atoms with E-state index in [4.69, 9.17) is 4.74 Å². The molecule has 0 amide bonds. The number of hydrogen-bond donors (Lipinski definition) is 1. The average molecular weight is 428 g/mol. The van der Waals surface area contributed by atoms with Crippen molar-refractivity contribution in [1.29, 1.82) is 0 Å². The first-order valence-electron chi connectivity index (χ1n) is 9.79. The Hall–Kier alpha value is -3.77. The zero-order valence-corrected chi connectivity index (χ0v) is 17.3. The molecule has 3 aromatic carbocycles. The van der Waals surface area contributed by atoms with Crippen molar-refractivity contribution in [2.45, 2.75) is 6.61 Å². The van der Waals surface area contributed by atoms with E-state index in [0.29, 0.717) is 6.61 Å². The average Bonchev–Trinajstić information content (AvgIpc) is 3.25. The standard InChI is InChI=1S/C25H18FN3OS/c26-19-11-9-18(10-12-19)23-14-22-24(27-16-28-25(22)31-23)29-20-7-4-8-21(13-20)30-15-17-5-2-1-3-6-17/h1-14,16H,15H2,(H,27,28,29). The van der Waals surface area contributed by atoms with Crippen molar-refractivity contribution in [3.05, 3.63) is 103 Å². The molecule has 152 valence electrons. The van der Waals surface area contributed by atoms with E-state index < -0.39 is 0 Å². The second kappa shape index (κ2) is 8.53. The number of halogens is 1. The Bertz CT molecular complexity index is 1320. The van der Waals surface area contributed by atoms with E-state index in [2.05, 4.69) is 15.3 Å². The molecular formula is C25H18FN3OS. The van der Waals surface area contributed by atoms with Gasteiger partial charge in [-0.3, -0.25) is 0 Å². The van der Waals surface area contributed by atoms with Crippen molar-refractivity contribution in [2.75, 3.05) is 5.32 Å². The lowest BCUT2D eigenvalue weighted by atomic mass is 10.2. The van der Waals surface area contributed by atoms with Crippen LogP contribution in [-0.4, -0.2) is 9.97 Å². The van der Waals surface area contributed by atoms with Crippen LogP contribution < -0.4 is 10.1 Å². The van der Waals surface area contributed by atoms with Crippen molar-refractivity contribution >= 4 is 33.1 Å². The van der Waals surface area contributed by atoms with E-state index in [0.717, 1.165) is 43.5 Å². The van der Waals surface area contributed by atoms with Crippen LogP contribution in [0, 0.1) is 5.82 Å². The minimum Gasteiger partial charge on any atom is -0.489 e. The van der Waals surface area contributed by atoms with Gasteiger partial charge in [0.25, 0.3) is 0 Å². The minimum absolute atomic E-state index is 0.249. The van der Waals surface area contributed by atoms with Gasteiger partial charge in [-0.2, -0.15) is 0 Å². The van der Waals surface area contributed by atoms with Gasteiger partial charge in [-0.15, -0.1) is 11.3 Å². The lowest BCUT2D eigenvalue weighted by molar-refractivity contribution is 0.306. The van der Waals surface area contributed by atoms with Gasteiger partial charge in [0.1, 0.15) is 35.1 Å². The molecule has 0 aliphatic heterocycles. The number of fused-ring (bicyclic) bond motifs is 1. The van der Waals surface area contributed by atoms with Crippen LogP contribution in [0.25, 0.3) is 20.7 Å². The van der Waals surface area contributed by atoms with Crippen LogP contribution in [0.15, 0.2) is 91.3 Å². The molecule has 0 aliphatic rings. The lowest BCUT2D eigenvalue weighted by Gasteiger charge is -2.10. The van der Waals surface area contributed by atoms with Gasteiger partial charge in [0.05, 0.1) is 5.39 Å². The number of anilines is 2. The molecule has 6 heteroatoms. The summed E-state index contributed by atoms with van der Waals surface area (Å²) in [6.45, 7) is 0.508. The summed E-state index contributed by atoms with van der Waals surface area (Å²) in [6, 6.07) is 26.4. The maximum absolute atomic E-state index is 13.3. The maximum atomic E-state index is 13.3. The zero-order valence-electron chi connectivity index (χ0n) is 16.5. The van der Waals surface area contributed by atoms with Crippen molar-refractivity contribution in [2.24, 2.45) is 0 Å². The van der Waals surface area contributed by atoms with Crippen LogP contribution in [0.1, 0.15) is 5.56 Å². The molecule has 2 aromatic heterocycles. The Morgan fingerprint density at radius 2 is 1.71 bits per heavy atom. The van der Waals surface area contributed by atoms with E-state index in [1.165, 1.54) is 12.1 Å². The Balaban J connectivity index is 1.38. The minimum atomic E-state index is -0.249. The highest BCUT2D eigenvalue weighted by molar-refractivity contribution is 7.21. The lowest BCUT2D eigenvalue weighted by Crippen LogP contribution is -1.97. The molecule has 0 fully saturated rings. The van der Waals surface area contributed by atoms with Crippen molar-refractivity contribution in [3.63, 3.8) is 0 Å². The summed E-state index contributed by atoms with van der Waals surface area (Å²) in [6.07, 6.45) is 1.55. The van der Waals surface area contributed by atoms with Gasteiger partial charge in [-0.25, -0.2) is 14.4 Å². The second-order valence-electron chi connectivity index (χ2n) is 6.99. The topological polar surface area (TPSA) is 47.0 Å². The van der Waals surface area contributed by atoms with Gasteiger partial charge in [0.15, 0.2) is 0 Å². The Kier molecular flexibility index (Phi) is 5.29. The van der Waals surface area contributed by atoms with Gasteiger partial charge in [0.2, 0.25) is 0 Å². The third-order valence-electron chi connectivity index (χ3n) is 4.80. The quantitative estimate of drug-likeness (QED) is 0.323. The number of benzene rings is 3. The molecule has 2 heterocycles. The maximum Gasteiger partial charge on any atom is 0.142 e. The molecule has 0 saturated carbocycles. The molecule has 1 N–H and O–H groups in total. The Labute approximate surface area is 183 Å². The predicted molar refractivity (Wildman–Crippen MR) is 123 cm³/mol. The summed E-state index contributed by atoms with van der Waals surface area (Å²) in [5.74, 6) is 1.24. The third-order valence-corrected chi connectivity index (χ3v) is 5.90. The first-order chi connectivity index (χ1) is 15.2. The normalized spacial score (nSPS) is 10.9. The van der Waals surface area contributed by atoms with Gasteiger partial charge < -0.3 is 10.1 Å². The molecule has 4 nitrogen and oxygen atoms in total. The van der Waals surface area contributed by atoms with E-state index in [9.17, 15) is 4.39 Å². The SMILES string of the molecule is Fc1ccc(-c2cc3c(Nc4cccc(OCc5ccccc5)c4)ncnc3s2)cc1. The largest absolute Gasteiger partial charge is 0.489 e. The fraction of sp³-hybridized carbons (Fsp3) is 0.0400. The van der Waals surface area contributed by atoms with Crippen LogP contribution in [-0.2, 0) is 6.61 Å². The van der Waals surface area contributed by atoms with Crippen LogP contribution in [0.4, 0.5) is 15.9 Å². The fourth-order valence-corrected chi connectivity index (χ4v) is 4.26. The molecule has 31 heavy (non-hydrogen) atoms. The summed E-state index contributed by atoms with van der Waals surface area (Å²) in [7, 11) is 0. The number of nitrogens with one attached hydrogen (secondary N) is 1. The number of nitrogens with zero attached hydrogens (tertiary/aromatic N) is 2. The zero-order chi connectivity index (χ0) is 21.0. The van der Waals surface area contributed by atoms with Gasteiger partial charge in [-0.1, -0.05) is 48.5 Å². The van der Waals surface area contributed by atoms with Crippen LogP contribution in [0.5, 0.6) is 5.75 Å². The molecule has 5 rings (SSSR count). The molecular weight excluding hydrogens is 409 g/mol. The molecule has 0 unspecified atom stereocenters. The monoisotopic (exact) mass is 427 g/mol. The smallest absolute Gasteiger partial charge is 0.142 e. The number of ether oxygens (including phenoxy) is 1. The summed E-state index contributed by atoms with van der Waals surface area (Å²) < 4.78 is 19.2. The highest BCUT2D eigenvalue weighted by Gasteiger charge is 2.11. The fourth-order valence-electron chi connectivity index (χ4n) is 3.25. The molecule has 0 atom stereocenters. The molecule has 5 aromatic rings. The first-order valence-corrected chi connectivity index (χ1v) is 10.6. The number of hydrogen-bond acceptors (Lipinski definition) is 5. The Morgan fingerprint density at radius 1 is 0.871 bits per heavy atom. The predicted octanol–water partition coefficient (Wildman–Crippen LogP) is 6.82. The van der Waals surface area contributed by atoms with Crippen molar-refractivity contribution in [3.8, 4) is 16.2 Å². The third kappa shape index (κ3) is 4.39. The molecule has 0 spiro atoms. The van der Waals surface area contributed by atoms with E-state index >= 15 is 0 Å². The number of rotatable bonds is 6. The number of thiophene rings is 1. The summed E-state index contributed by atoms with van der Waals surface area (Å²) in [4.78, 5) is 10.7. The summed E-state index contributed by atoms with van der Waals surface area (Å²) in [5.41, 5.74) is 2.94. The highest BCUT2D eigenvalue weighted by Crippen LogP contribution is 2.36. The van der Waals surface area contributed by atoms with E-state index in [1.54, 1.807) is 29.8 Å². The van der Waals surface area contributed by atoms with Crippen LogP contribution >= 0.6 is 11.3 Å². The van der Waals surface area contributed by atoms with Crippen LogP contribution in [0.3, 0.4) is 0 Å². The van der Waals surface area contributed by atoms with Gasteiger partial charge >= 0.3 is 0 Å². The van der Waals surface area contributed by atoms with Crippen molar-refractivity contribution < 1.29 is 9.13 Å². The highest BCUT2D eigenvalue weighted by atomic mass is 32.1. The van der Waals surface area contributed by atoms with E-state index in [-0.39, 0.29) is 5.82 Å². The molecule has 0 aliphatic carbocycles. The van der Waals surface area contributed by atoms with E-state index in [1.807, 2.05) is 60.7 Å². The summed E-state index contributed by atoms with van der Waals surface area (Å²) in [5, 5.41) is 4.29. The van der Waals surface area contributed by atoms with Gasteiger partial charge in [-0.05, 0) is 41.5 Å². The number of aromatic nitrogens is 2. The molecule has 0 bridgehead atoms. The summed E-state index contributed by atoms with van der Waals surface area (Å²) >= 11 is 1.55. The van der Waals surface area contributed by atoms with Crippen molar-refractivity contribution in [1.82, 2.24) is 9.97 Å². The second-order valence-corrected chi connectivity index (χ2v) is 8.02. The first kappa shape index (κ1) is 19.2. The van der Waals surface area contributed by atoms with Gasteiger partial charge in [0, 0.05) is 16.6 Å². The Morgan fingerprint density at radius 3 is 2.55 bits per heavy atom. The molecule has 0 saturated heterocycles. The molecule has 0 radical (unpaired) electrons. The van der Waals surface area contributed by atoms with Crippen LogP contribution in [0.2, 0.25) is 0 Å².